The van der Waals surface area contributed by atoms with Gasteiger partial charge in [-0.2, -0.15) is 5.10 Å². The van der Waals surface area contributed by atoms with Crippen LogP contribution in [0.1, 0.15) is 23.9 Å². The van der Waals surface area contributed by atoms with Crippen LogP contribution in [0, 0.1) is 6.92 Å². The lowest BCUT2D eigenvalue weighted by Crippen LogP contribution is -2.04. The molecule has 90 valence electrons. The molecule has 1 aromatic carbocycles. The quantitative estimate of drug-likeness (QED) is 0.846. The highest BCUT2D eigenvalue weighted by Crippen LogP contribution is 2.26. The number of aromatic amines is 1. The first-order chi connectivity index (χ1) is 8.26. The van der Waals surface area contributed by atoms with Crippen molar-refractivity contribution in [3.8, 4) is 11.1 Å². The Hall–Kier alpha value is -1.61. The Balaban J connectivity index is 2.40. The first-order valence-corrected chi connectivity index (χ1v) is 6.09. The number of nitrogens with one attached hydrogen (secondary N) is 1. The van der Waals surface area contributed by atoms with Crippen LogP contribution >= 0.6 is 0 Å². The normalized spacial score (nSPS) is 10.8. The lowest BCUT2D eigenvalue weighted by Gasteiger charge is -2.04. The first-order valence-electron chi connectivity index (χ1n) is 6.09. The van der Waals surface area contributed by atoms with Gasteiger partial charge in [-0.25, -0.2) is 0 Å². The van der Waals surface area contributed by atoms with Crippen molar-refractivity contribution in [2.75, 3.05) is 6.54 Å². The molecule has 3 N–H and O–H groups in total. The number of H-pyrrole nitrogens is 1. The van der Waals surface area contributed by atoms with E-state index in [-0.39, 0.29) is 0 Å². The zero-order chi connectivity index (χ0) is 12.3. The van der Waals surface area contributed by atoms with Gasteiger partial charge in [0.15, 0.2) is 0 Å². The van der Waals surface area contributed by atoms with Crippen molar-refractivity contribution in [2.45, 2.75) is 26.7 Å². The Morgan fingerprint density at radius 2 is 1.94 bits per heavy atom. The molecule has 0 aliphatic carbocycles. The van der Waals surface area contributed by atoms with Crippen molar-refractivity contribution >= 4 is 0 Å². The van der Waals surface area contributed by atoms with Gasteiger partial charge < -0.3 is 5.73 Å². The number of aromatic nitrogens is 2. The van der Waals surface area contributed by atoms with Gasteiger partial charge in [-0.3, -0.25) is 5.10 Å². The molecule has 0 fully saturated rings. The molecule has 2 aromatic rings. The molecule has 3 nitrogen and oxygen atoms in total. The molecular weight excluding hydrogens is 210 g/mol. The van der Waals surface area contributed by atoms with Crippen LogP contribution in [-0.2, 0) is 12.8 Å². The lowest BCUT2D eigenvalue weighted by atomic mass is 10.00. The molecule has 0 aliphatic heterocycles. The summed E-state index contributed by atoms with van der Waals surface area (Å²) in [6.07, 6.45) is 1.88. The van der Waals surface area contributed by atoms with Crippen molar-refractivity contribution in [1.82, 2.24) is 10.2 Å². The van der Waals surface area contributed by atoms with E-state index < -0.39 is 0 Å². The maximum absolute atomic E-state index is 5.61. The van der Waals surface area contributed by atoms with Crippen molar-refractivity contribution in [2.24, 2.45) is 5.73 Å². The van der Waals surface area contributed by atoms with E-state index in [1.807, 2.05) is 0 Å². The molecule has 2 rings (SSSR count). The van der Waals surface area contributed by atoms with Crippen LogP contribution in [-0.4, -0.2) is 16.7 Å². The van der Waals surface area contributed by atoms with E-state index in [0.29, 0.717) is 6.54 Å². The fourth-order valence-corrected chi connectivity index (χ4v) is 2.09. The van der Waals surface area contributed by atoms with Gasteiger partial charge in [-0.05, 0) is 31.0 Å². The van der Waals surface area contributed by atoms with Crippen LogP contribution in [0.15, 0.2) is 24.3 Å². The molecule has 0 saturated carbocycles. The smallest absolute Gasteiger partial charge is 0.0715 e. The average molecular weight is 229 g/mol. The molecule has 0 unspecified atom stereocenters. The molecular formula is C14H19N3. The highest BCUT2D eigenvalue weighted by atomic mass is 15.1. The van der Waals surface area contributed by atoms with Gasteiger partial charge in [-0.1, -0.05) is 31.2 Å². The summed E-state index contributed by atoms with van der Waals surface area (Å²) in [5, 5.41) is 7.36. The minimum absolute atomic E-state index is 0.629. The van der Waals surface area contributed by atoms with Crippen LogP contribution in [0.3, 0.4) is 0 Å². The molecule has 0 saturated heterocycles. The van der Waals surface area contributed by atoms with Crippen LogP contribution in [0.5, 0.6) is 0 Å². The topological polar surface area (TPSA) is 54.7 Å². The van der Waals surface area contributed by atoms with E-state index in [2.05, 4.69) is 48.3 Å². The summed E-state index contributed by atoms with van der Waals surface area (Å²) in [7, 11) is 0. The molecule has 0 amide bonds. The summed E-state index contributed by atoms with van der Waals surface area (Å²) < 4.78 is 0. The zero-order valence-corrected chi connectivity index (χ0v) is 10.5. The van der Waals surface area contributed by atoms with E-state index in [0.717, 1.165) is 24.2 Å². The number of hydrogen-bond donors (Lipinski definition) is 2. The molecule has 0 spiro atoms. The highest BCUT2D eigenvalue weighted by Gasteiger charge is 2.11. The third-order valence-electron chi connectivity index (χ3n) is 3.05. The SMILES string of the molecule is CCc1ccc(-c2c(CCN)n[nH]c2C)cc1. The van der Waals surface area contributed by atoms with Gasteiger partial charge in [0, 0.05) is 17.7 Å². The van der Waals surface area contributed by atoms with E-state index in [1.165, 1.54) is 16.7 Å². The Kier molecular flexibility index (Phi) is 3.59. The van der Waals surface area contributed by atoms with Gasteiger partial charge in [0.2, 0.25) is 0 Å². The van der Waals surface area contributed by atoms with Gasteiger partial charge in [-0.15, -0.1) is 0 Å². The highest BCUT2D eigenvalue weighted by molar-refractivity contribution is 5.68. The molecule has 0 atom stereocenters. The predicted molar refractivity (Wildman–Crippen MR) is 70.9 cm³/mol. The van der Waals surface area contributed by atoms with Crippen molar-refractivity contribution in [3.63, 3.8) is 0 Å². The van der Waals surface area contributed by atoms with Crippen LogP contribution < -0.4 is 5.73 Å². The molecule has 17 heavy (non-hydrogen) atoms. The van der Waals surface area contributed by atoms with Crippen molar-refractivity contribution in [3.05, 3.63) is 41.2 Å². The van der Waals surface area contributed by atoms with Crippen molar-refractivity contribution < 1.29 is 0 Å². The fraction of sp³-hybridized carbons (Fsp3) is 0.357. The first kappa shape index (κ1) is 11.9. The summed E-state index contributed by atoms with van der Waals surface area (Å²) in [6.45, 7) is 4.85. The zero-order valence-electron chi connectivity index (χ0n) is 10.5. The molecule has 0 radical (unpaired) electrons. The number of nitrogens with two attached hydrogens (primary N) is 1. The van der Waals surface area contributed by atoms with Crippen LogP contribution in [0.2, 0.25) is 0 Å². The second kappa shape index (κ2) is 5.15. The number of hydrogen-bond acceptors (Lipinski definition) is 2. The minimum Gasteiger partial charge on any atom is -0.330 e. The summed E-state index contributed by atoms with van der Waals surface area (Å²) in [4.78, 5) is 0. The maximum Gasteiger partial charge on any atom is 0.0715 e. The molecule has 3 heteroatoms. The second-order valence-electron chi connectivity index (χ2n) is 4.26. The number of aryl methyl sites for hydroxylation is 2. The van der Waals surface area contributed by atoms with Gasteiger partial charge >= 0.3 is 0 Å². The van der Waals surface area contributed by atoms with Gasteiger partial charge in [0.05, 0.1) is 5.69 Å². The fourth-order valence-electron chi connectivity index (χ4n) is 2.09. The van der Waals surface area contributed by atoms with Crippen LogP contribution in [0.25, 0.3) is 11.1 Å². The average Bonchev–Trinajstić information content (AvgIpc) is 2.71. The molecule has 1 aromatic heterocycles. The maximum atomic E-state index is 5.61. The lowest BCUT2D eigenvalue weighted by molar-refractivity contribution is 0.899. The van der Waals surface area contributed by atoms with Crippen LogP contribution in [0.4, 0.5) is 0 Å². The Morgan fingerprint density at radius 3 is 2.53 bits per heavy atom. The molecule has 0 bridgehead atoms. The van der Waals surface area contributed by atoms with E-state index in [1.54, 1.807) is 0 Å². The van der Waals surface area contributed by atoms with Crippen molar-refractivity contribution in [1.29, 1.82) is 0 Å². The molecule has 0 aliphatic rings. The third-order valence-corrected chi connectivity index (χ3v) is 3.05. The monoisotopic (exact) mass is 229 g/mol. The van der Waals surface area contributed by atoms with Gasteiger partial charge in [0.1, 0.15) is 0 Å². The predicted octanol–water partition coefficient (Wildman–Crippen LogP) is 2.45. The number of nitrogens with zero attached hydrogens (tertiary/aromatic N) is 1. The third kappa shape index (κ3) is 2.39. The summed E-state index contributed by atoms with van der Waals surface area (Å²) in [5.74, 6) is 0. The standard InChI is InChI=1S/C14H19N3/c1-3-11-4-6-12(7-5-11)14-10(2)16-17-13(14)8-9-15/h4-7H,3,8-9,15H2,1-2H3,(H,16,17). The summed E-state index contributed by atoms with van der Waals surface area (Å²) in [5.41, 5.74) is 11.6. The van der Waals surface area contributed by atoms with Gasteiger partial charge in [0.25, 0.3) is 0 Å². The Morgan fingerprint density at radius 1 is 1.24 bits per heavy atom. The number of benzene rings is 1. The van der Waals surface area contributed by atoms with E-state index in [9.17, 15) is 0 Å². The Labute approximate surface area is 102 Å². The number of rotatable bonds is 4. The minimum atomic E-state index is 0.629. The Bertz CT molecular complexity index is 483. The summed E-state index contributed by atoms with van der Waals surface area (Å²) in [6, 6.07) is 8.68. The second-order valence-corrected chi connectivity index (χ2v) is 4.26. The summed E-state index contributed by atoms with van der Waals surface area (Å²) >= 11 is 0. The largest absolute Gasteiger partial charge is 0.330 e. The molecule has 1 heterocycles. The van der Waals surface area contributed by atoms with E-state index >= 15 is 0 Å². The van der Waals surface area contributed by atoms with E-state index in [4.69, 9.17) is 5.73 Å².